The van der Waals surface area contributed by atoms with Crippen LogP contribution in [0.25, 0.3) is 5.41 Å². The average Bonchev–Trinajstić information content (AvgIpc) is 2.93. The van der Waals surface area contributed by atoms with Crippen molar-refractivity contribution in [3.63, 3.8) is 0 Å². The number of rotatable bonds is 13. The first kappa shape index (κ1) is 35.3. The Kier molecular flexibility index (Phi) is 16.4. The molecule has 0 atom stereocenters. The number of hydrogen-bond donors (Lipinski definition) is 1. The maximum atomic E-state index is 11.7. The molecule has 198 valence electrons. The van der Waals surface area contributed by atoms with Crippen LogP contribution >= 0.6 is 20.7 Å². The monoisotopic (exact) mass is 634 g/mol. The van der Waals surface area contributed by atoms with Gasteiger partial charge in [0, 0.05) is 22.9 Å². The van der Waals surface area contributed by atoms with Gasteiger partial charge in [-0.15, -0.1) is 25.2 Å². The molecule has 1 N–H and O–H groups in total. The molecule has 1 aliphatic rings. The predicted octanol–water partition coefficient (Wildman–Crippen LogP) is -1.80. The number of carbonyl (C=O) groups is 1. The van der Waals surface area contributed by atoms with Crippen molar-refractivity contribution in [3.8, 4) is 11.5 Å². The maximum Gasteiger partial charge on any atom is 1.00 e. The number of anilines is 1. The fraction of sp³-hybridized carbons (Fsp3) is 0.143. The zero-order valence-corrected chi connectivity index (χ0v) is 24.9. The van der Waals surface area contributed by atoms with E-state index in [2.05, 4.69) is 46.2 Å². The van der Waals surface area contributed by atoms with Gasteiger partial charge in [-0.2, -0.15) is 6.08 Å². The molecule has 3 rings (SSSR count). The van der Waals surface area contributed by atoms with E-state index in [0.717, 1.165) is 20.5 Å². The van der Waals surface area contributed by atoms with Crippen molar-refractivity contribution in [1.29, 1.82) is 0 Å². The Balaban J connectivity index is 0.00000400. The zero-order valence-electron chi connectivity index (χ0n) is 22.7. The maximum absolute atomic E-state index is 11.7. The van der Waals surface area contributed by atoms with Crippen LogP contribution in [0.2, 0.25) is 0 Å². The van der Waals surface area contributed by atoms with Crippen molar-refractivity contribution >= 4 is 54.8 Å². The minimum Gasteiger partial charge on any atom is -0.577 e. The molecular formula is C28H25ILi2N6O3-4. The van der Waals surface area contributed by atoms with Crippen molar-refractivity contribution in [2.75, 3.05) is 25.0 Å². The first-order chi connectivity index (χ1) is 18.5. The van der Waals surface area contributed by atoms with E-state index in [-0.39, 0.29) is 43.6 Å². The number of aliphatic imine (C=N–C) groups is 2. The number of aryl methyl sites for hydroxylation is 1. The van der Waals surface area contributed by atoms with Crippen molar-refractivity contribution in [2.45, 2.75) is 6.92 Å². The van der Waals surface area contributed by atoms with Gasteiger partial charge in [0.25, 0.3) is 0 Å². The number of aromatic nitrogens is 1. The van der Waals surface area contributed by atoms with Crippen LogP contribution < -0.4 is 52.5 Å². The van der Waals surface area contributed by atoms with Crippen LogP contribution in [0.4, 0.5) is 5.69 Å². The molecule has 1 amide bonds. The standard InChI is InChI=1S/C28H25IN6O3.2Li/c1-5-22(11-12-31-19-30)38-25-10-9-21(15-20(25)4)34-28-27-24(29-18-33-28)16-23(17-32-27)37-14-8-13-35(7-3)26(36)6-2;;/h1,5-6,8-11,15-16,18-19H,2-3,7,13-14H2,4H3,(H,33,34);;/q-6;2*+1/b22-11+;;. The second-order valence-corrected chi connectivity index (χ2v) is 9.84. The largest absolute Gasteiger partial charge is 1.00 e. The number of amidine groups is 1. The van der Waals surface area contributed by atoms with Gasteiger partial charge in [0.1, 0.15) is 5.75 Å². The van der Waals surface area contributed by atoms with E-state index >= 15 is 0 Å². The van der Waals surface area contributed by atoms with Crippen molar-refractivity contribution < 1.29 is 52.0 Å². The van der Waals surface area contributed by atoms with E-state index in [0.29, 0.717) is 49.1 Å². The van der Waals surface area contributed by atoms with Crippen LogP contribution in [-0.2, 0) is 4.79 Å². The number of ether oxygens (including phenoxy) is 2. The molecular weight excluding hydrogens is 609 g/mol. The molecule has 0 spiro atoms. The normalized spacial score (nSPS) is 11.9. The van der Waals surface area contributed by atoms with Gasteiger partial charge in [0.15, 0.2) is 0 Å². The molecule has 1 aromatic carbocycles. The number of nitrogens with zero attached hydrogens (tertiary/aromatic N) is 5. The number of carbonyl (C=O) groups excluding carboxylic acids is 1. The summed E-state index contributed by atoms with van der Waals surface area (Å²) < 4.78 is 14.5. The van der Waals surface area contributed by atoms with E-state index in [1.165, 1.54) is 18.2 Å². The van der Waals surface area contributed by atoms with E-state index in [9.17, 15) is 4.79 Å². The summed E-state index contributed by atoms with van der Waals surface area (Å²) in [6.07, 6.45) is 11.8. The molecule has 2 heterocycles. The Bertz CT molecular complexity index is 1330. The second-order valence-electron chi connectivity index (χ2n) is 7.50. The van der Waals surface area contributed by atoms with Gasteiger partial charge in [-0.05, 0) is 49.6 Å². The Labute approximate surface area is 269 Å². The molecule has 1 aromatic heterocycles. The first-order valence-electron chi connectivity index (χ1n) is 11.3. The Morgan fingerprint density at radius 1 is 1.43 bits per heavy atom. The van der Waals surface area contributed by atoms with Crippen LogP contribution in [0.15, 0.2) is 64.8 Å². The number of pyridine rings is 1. The molecule has 1 aliphatic heterocycles. The summed E-state index contributed by atoms with van der Waals surface area (Å²) in [4.78, 5) is 25.7. The first-order valence-corrected chi connectivity index (χ1v) is 13.6. The summed E-state index contributed by atoms with van der Waals surface area (Å²) in [7, 11) is 0. The molecule has 0 radical (unpaired) electrons. The van der Waals surface area contributed by atoms with Crippen LogP contribution in [0.5, 0.6) is 11.5 Å². The summed E-state index contributed by atoms with van der Waals surface area (Å²) in [5, 5.41) is 11.9. The number of benzene rings is 1. The SMILES string of the molecule is [CH-]=C/C(=C\[C-]=NC=[N-])Oc1ccc(NC2=NC=Ic3cc(OC[CH-]CN(C[CH2-])C(=O)C=C)[c-]nc32)cc1C.[Li+].[Li+]. The van der Waals surface area contributed by atoms with Crippen molar-refractivity contribution in [3.05, 3.63) is 101 Å². The number of amides is 1. The third kappa shape index (κ3) is 10.3. The van der Waals surface area contributed by atoms with E-state index in [1.807, 2.05) is 35.7 Å². The molecule has 0 fully saturated rings. The smallest absolute Gasteiger partial charge is 0.577 e. The Hall–Kier alpha value is -2.74. The summed E-state index contributed by atoms with van der Waals surface area (Å²) in [6, 6.07) is 7.50. The number of nitrogens with one attached hydrogen (secondary N) is 1. The number of allylic oxidation sites excluding steroid dienone is 2. The molecule has 40 heavy (non-hydrogen) atoms. The van der Waals surface area contributed by atoms with Gasteiger partial charge in [-0.3, -0.25) is 17.8 Å². The molecule has 0 aliphatic carbocycles. The van der Waals surface area contributed by atoms with Crippen LogP contribution in [-0.4, -0.2) is 58.0 Å². The molecule has 0 saturated carbocycles. The van der Waals surface area contributed by atoms with E-state index < -0.39 is 20.7 Å². The fourth-order valence-corrected chi connectivity index (χ4v) is 4.96. The molecule has 2 aromatic rings. The van der Waals surface area contributed by atoms with Crippen LogP contribution in [0.1, 0.15) is 11.3 Å². The third-order valence-electron chi connectivity index (χ3n) is 4.96. The van der Waals surface area contributed by atoms with Gasteiger partial charge in [0.2, 0.25) is 5.91 Å². The minimum atomic E-state index is -0.471. The van der Waals surface area contributed by atoms with E-state index in [1.54, 1.807) is 11.0 Å². The summed E-state index contributed by atoms with van der Waals surface area (Å²) >= 11 is -0.471. The Morgan fingerprint density at radius 3 is 2.90 bits per heavy atom. The Morgan fingerprint density at radius 2 is 2.23 bits per heavy atom. The van der Waals surface area contributed by atoms with Gasteiger partial charge in [-0.25, -0.2) is 17.5 Å². The predicted molar refractivity (Wildman–Crippen MR) is 160 cm³/mol. The minimum absolute atomic E-state index is 0. The fourth-order valence-electron chi connectivity index (χ4n) is 3.11. The molecule has 0 unspecified atom stereocenters. The van der Waals surface area contributed by atoms with Crippen LogP contribution in [0.3, 0.4) is 0 Å². The summed E-state index contributed by atoms with van der Waals surface area (Å²) in [5.41, 5.74) is 2.39. The number of hydrogen-bond acceptors (Lipinski definition) is 6. The van der Waals surface area contributed by atoms with Gasteiger partial charge < -0.3 is 42.0 Å². The summed E-state index contributed by atoms with van der Waals surface area (Å²) in [5.74, 6) is 1.89. The van der Waals surface area contributed by atoms with E-state index in [4.69, 9.17) is 21.5 Å². The van der Waals surface area contributed by atoms with Gasteiger partial charge in [0.05, 0.1) is 9.97 Å². The van der Waals surface area contributed by atoms with Crippen molar-refractivity contribution in [2.24, 2.45) is 9.98 Å². The van der Waals surface area contributed by atoms with Gasteiger partial charge >= 0.3 is 37.7 Å². The van der Waals surface area contributed by atoms with Crippen molar-refractivity contribution in [1.82, 2.24) is 9.88 Å². The topological polar surface area (TPSA) is 111 Å². The molecule has 0 saturated heterocycles. The van der Waals surface area contributed by atoms with Gasteiger partial charge in [-0.1, -0.05) is 30.9 Å². The number of halogens is 1. The third-order valence-corrected chi connectivity index (χ3v) is 7.01. The summed E-state index contributed by atoms with van der Waals surface area (Å²) in [6.45, 7) is 15.8. The zero-order chi connectivity index (χ0) is 27.3. The quantitative estimate of drug-likeness (QED) is 0.0322. The number of fused-ring (bicyclic) bond motifs is 1. The second kappa shape index (κ2) is 18.6. The molecule has 9 nitrogen and oxygen atoms in total. The molecule has 12 heteroatoms. The van der Waals surface area contributed by atoms with Crippen LogP contribution in [0, 0.1) is 36.6 Å². The molecule has 0 bridgehead atoms. The average molecular weight is 634 g/mol.